The Balaban J connectivity index is 0.00000544. The molecule has 13 heteroatoms. The summed E-state index contributed by atoms with van der Waals surface area (Å²) in [5, 5.41) is 0. The molecule has 33 heavy (non-hydrogen) atoms. The molecule has 0 saturated heterocycles. The van der Waals surface area contributed by atoms with Crippen molar-refractivity contribution in [2.24, 2.45) is 0 Å². The summed E-state index contributed by atoms with van der Waals surface area (Å²) in [4.78, 5) is 23.1. The Morgan fingerprint density at radius 1 is 0.879 bits per heavy atom. The van der Waals surface area contributed by atoms with Crippen LogP contribution in [0, 0.1) is 6.07 Å². The second-order valence-electron chi connectivity index (χ2n) is 6.50. The van der Waals surface area contributed by atoms with E-state index in [9.17, 15) is 35.5 Å². The first-order valence-corrected chi connectivity index (χ1v) is 12.3. The summed E-state index contributed by atoms with van der Waals surface area (Å²) in [5.41, 5.74) is -2.62. The van der Waals surface area contributed by atoms with E-state index in [0.717, 1.165) is 0 Å². The average Bonchev–Trinajstić information content (AvgIpc) is 2.73. The minimum atomic E-state index is -5.31. The van der Waals surface area contributed by atoms with E-state index in [2.05, 4.69) is 0 Å². The van der Waals surface area contributed by atoms with Gasteiger partial charge in [0.15, 0.2) is 0 Å². The Kier molecular flexibility index (Phi) is 10.7. The molecule has 0 amide bonds. The smallest absolute Gasteiger partial charge is 0.505 e. The minimum absolute atomic E-state index is 0. The van der Waals surface area contributed by atoms with E-state index in [0.29, 0.717) is 12.8 Å². The van der Waals surface area contributed by atoms with Crippen molar-refractivity contribution in [3.63, 3.8) is 0 Å². The van der Waals surface area contributed by atoms with Gasteiger partial charge < -0.3 is 14.3 Å². The van der Waals surface area contributed by atoms with Gasteiger partial charge in [-0.3, -0.25) is 9.11 Å². The van der Waals surface area contributed by atoms with Gasteiger partial charge in [-0.1, -0.05) is 55.3 Å². The van der Waals surface area contributed by atoms with Crippen molar-refractivity contribution < 1.29 is 74.6 Å². The summed E-state index contributed by atoms with van der Waals surface area (Å²) < 4.78 is 78.5. The minimum Gasteiger partial charge on any atom is -0.505 e. The molecule has 0 spiro atoms. The van der Waals surface area contributed by atoms with Crippen LogP contribution < -0.4 is 29.6 Å². The van der Waals surface area contributed by atoms with Crippen molar-refractivity contribution in [1.82, 2.24) is 0 Å². The molecule has 174 valence electrons. The number of carbonyl (C=O) groups excluding carboxylic acids is 2. The third kappa shape index (κ3) is 7.09. The molecule has 0 bridgehead atoms. The molecule has 0 aromatic heterocycles. The van der Waals surface area contributed by atoms with Crippen molar-refractivity contribution in [3.8, 4) is 11.1 Å². The molecule has 2 N–H and O–H groups in total. The van der Waals surface area contributed by atoms with E-state index in [4.69, 9.17) is 9.47 Å². The molecular formula is C20H21NaO10S2. The number of rotatable bonds is 9. The summed E-state index contributed by atoms with van der Waals surface area (Å²) in [6, 6.07) is 9.17. The maximum absolute atomic E-state index is 12.9. The Bertz CT molecular complexity index is 1220. The molecule has 2 rings (SSSR count). The quantitative estimate of drug-likeness (QED) is 0.201. The van der Waals surface area contributed by atoms with Crippen molar-refractivity contribution in [2.45, 2.75) is 36.5 Å². The SMILES string of the molecule is CCCOC(=O)c1[c-]c(S(=O)(=O)O)c(-c2ccccc2)c(C(=O)OCCC)c1S(=O)(=O)O.[Na+]. The van der Waals surface area contributed by atoms with Crippen LogP contribution in [-0.4, -0.2) is 51.1 Å². The summed E-state index contributed by atoms with van der Waals surface area (Å²) in [6.07, 6.45) is 0.675. The van der Waals surface area contributed by atoms with Crippen molar-refractivity contribution in [1.29, 1.82) is 0 Å². The van der Waals surface area contributed by atoms with E-state index in [1.165, 1.54) is 24.3 Å². The first-order chi connectivity index (χ1) is 14.9. The summed E-state index contributed by atoms with van der Waals surface area (Å²) in [6.45, 7) is 2.96. The van der Waals surface area contributed by atoms with Gasteiger partial charge in [0.25, 0.3) is 26.2 Å². The molecule has 0 atom stereocenters. The van der Waals surface area contributed by atoms with Gasteiger partial charge in [0.05, 0.1) is 13.2 Å². The molecule has 0 aliphatic carbocycles. The van der Waals surface area contributed by atoms with Crippen LogP contribution in [0.4, 0.5) is 0 Å². The number of esters is 2. The van der Waals surface area contributed by atoms with E-state index in [1.54, 1.807) is 19.9 Å². The van der Waals surface area contributed by atoms with Gasteiger partial charge in [-0.15, -0.1) is 6.07 Å². The second kappa shape index (κ2) is 12.1. The van der Waals surface area contributed by atoms with Gasteiger partial charge in [0, 0.05) is 15.4 Å². The standard InChI is InChI=1S/C20H21O10S2.Na/c1-3-10-29-19(21)14-12-15(31(23,24)25)16(13-8-6-5-7-9-13)17(18(14)32(26,27)28)20(22)30-11-4-2;/h5-9H,3-4,10-11H2,1-2H3,(H,23,24,25)(H,26,27,28);/q-1;+1. The van der Waals surface area contributed by atoms with Crippen LogP contribution in [-0.2, 0) is 29.7 Å². The predicted octanol–water partition coefficient (Wildman–Crippen LogP) is -0.215. The fraction of sp³-hybridized carbons (Fsp3) is 0.300. The molecule has 2 aromatic rings. The van der Waals surface area contributed by atoms with Gasteiger partial charge in [-0.25, -0.2) is 13.2 Å². The molecule has 0 aliphatic heterocycles. The van der Waals surface area contributed by atoms with Crippen LogP contribution in [0.5, 0.6) is 0 Å². The van der Waals surface area contributed by atoms with Gasteiger partial charge in [0.2, 0.25) is 0 Å². The van der Waals surface area contributed by atoms with E-state index in [-0.39, 0.29) is 48.3 Å². The van der Waals surface area contributed by atoms with Gasteiger partial charge in [0.1, 0.15) is 0 Å². The first kappa shape index (κ1) is 29.2. The Hall–Kier alpha value is -1.80. The zero-order valence-corrected chi connectivity index (χ0v) is 21.8. The number of hydrogen-bond donors (Lipinski definition) is 2. The number of ether oxygens (including phenoxy) is 2. The molecule has 0 saturated carbocycles. The Labute approximate surface area is 214 Å². The monoisotopic (exact) mass is 508 g/mol. The molecule has 0 aliphatic rings. The molecule has 0 fully saturated rings. The van der Waals surface area contributed by atoms with Crippen LogP contribution in [0.15, 0.2) is 40.1 Å². The van der Waals surface area contributed by atoms with Crippen molar-refractivity contribution in [3.05, 3.63) is 47.5 Å². The molecular weight excluding hydrogens is 487 g/mol. The molecule has 10 nitrogen and oxygen atoms in total. The van der Waals surface area contributed by atoms with E-state index >= 15 is 0 Å². The first-order valence-electron chi connectivity index (χ1n) is 9.41. The number of carbonyl (C=O) groups is 2. The Morgan fingerprint density at radius 2 is 1.39 bits per heavy atom. The fourth-order valence-electron chi connectivity index (χ4n) is 2.79. The van der Waals surface area contributed by atoms with Gasteiger partial charge >= 0.3 is 35.5 Å². The molecule has 0 radical (unpaired) electrons. The summed E-state index contributed by atoms with van der Waals surface area (Å²) in [7, 11) is -10.5. The van der Waals surface area contributed by atoms with Gasteiger partial charge in [-0.05, 0) is 18.4 Å². The van der Waals surface area contributed by atoms with E-state index in [1.807, 2.05) is 6.07 Å². The van der Waals surface area contributed by atoms with Crippen LogP contribution in [0.3, 0.4) is 0 Å². The Morgan fingerprint density at radius 3 is 1.85 bits per heavy atom. The largest absolute Gasteiger partial charge is 1.00 e. The number of benzene rings is 2. The second-order valence-corrected chi connectivity index (χ2v) is 9.21. The summed E-state index contributed by atoms with van der Waals surface area (Å²) >= 11 is 0. The van der Waals surface area contributed by atoms with Crippen LogP contribution >= 0.6 is 0 Å². The van der Waals surface area contributed by atoms with Crippen molar-refractivity contribution in [2.75, 3.05) is 13.2 Å². The van der Waals surface area contributed by atoms with E-state index < -0.39 is 58.7 Å². The maximum atomic E-state index is 12.9. The zero-order valence-electron chi connectivity index (χ0n) is 18.2. The third-order valence-electron chi connectivity index (χ3n) is 4.03. The van der Waals surface area contributed by atoms with Crippen molar-refractivity contribution >= 4 is 32.2 Å². The third-order valence-corrected chi connectivity index (χ3v) is 5.78. The topological polar surface area (TPSA) is 161 Å². The van der Waals surface area contributed by atoms with Crippen LogP contribution in [0.2, 0.25) is 0 Å². The van der Waals surface area contributed by atoms with Gasteiger partial charge in [-0.2, -0.15) is 8.42 Å². The zero-order chi connectivity index (χ0) is 24.1. The maximum Gasteiger partial charge on any atom is 1.00 e. The summed E-state index contributed by atoms with van der Waals surface area (Å²) in [5.74, 6) is -2.70. The molecule has 0 unspecified atom stereocenters. The normalized spacial score (nSPS) is 11.4. The number of hydrogen-bond acceptors (Lipinski definition) is 8. The van der Waals surface area contributed by atoms with Crippen LogP contribution in [0.1, 0.15) is 47.4 Å². The molecule has 2 aromatic carbocycles. The fourth-order valence-corrected chi connectivity index (χ4v) is 4.33. The molecule has 0 heterocycles. The predicted molar refractivity (Wildman–Crippen MR) is 111 cm³/mol. The van der Waals surface area contributed by atoms with Crippen LogP contribution in [0.25, 0.3) is 11.1 Å². The average molecular weight is 509 g/mol.